The second kappa shape index (κ2) is 12.5. The van der Waals surface area contributed by atoms with Crippen LogP contribution in [-0.4, -0.2) is 29.7 Å². The van der Waals surface area contributed by atoms with Crippen LogP contribution in [0.2, 0.25) is 0 Å². The van der Waals surface area contributed by atoms with Crippen molar-refractivity contribution in [1.82, 2.24) is 10.4 Å². The van der Waals surface area contributed by atoms with Crippen LogP contribution < -0.4 is 14.9 Å². The van der Waals surface area contributed by atoms with Gasteiger partial charge in [-0.05, 0) is 79.9 Å². The molecule has 0 saturated heterocycles. The Hall–Kier alpha value is -5.38. The molecule has 1 aromatic heterocycles. The van der Waals surface area contributed by atoms with Gasteiger partial charge in [0.05, 0.1) is 23.9 Å². The fourth-order valence-electron chi connectivity index (χ4n) is 4.89. The summed E-state index contributed by atoms with van der Waals surface area (Å²) in [7, 11) is 0. The van der Waals surface area contributed by atoms with Crippen molar-refractivity contribution < 1.29 is 32.2 Å². The van der Waals surface area contributed by atoms with Crippen molar-refractivity contribution in [3.8, 4) is 22.6 Å². The molecule has 10 heteroatoms. The Morgan fingerprint density at radius 3 is 2.43 bits per heavy atom. The van der Waals surface area contributed by atoms with Gasteiger partial charge in [0.25, 0.3) is 5.91 Å². The number of ether oxygens (including phenoxy) is 2. The average molecular weight is 600 g/mol. The molecule has 1 amide bonds. The third kappa shape index (κ3) is 6.49. The van der Waals surface area contributed by atoms with Crippen molar-refractivity contribution in [1.29, 1.82) is 0 Å². The number of benzene rings is 4. The van der Waals surface area contributed by atoms with Crippen LogP contribution in [0.3, 0.4) is 0 Å². The van der Waals surface area contributed by atoms with Gasteiger partial charge in [0, 0.05) is 16.5 Å². The second-order valence-electron chi connectivity index (χ2n) is 10.1. The van der Waals surface area contributed by atoms with Crippen LogP contribution in [0.15, 0.2) is 90.0 Å². The quantitative estimate of drug-likeness (QED) is 0.0822. The molecule has 0 radical (unpaired) electrons. The first-order valence-electron chi connectivity index (χ1n) is 13.7. The Bertz CT molecular complexity index is 1880. The predicted molar refractivity (Wildman–Crippen MR) is 162 cm³/mol. The summed E-state index contributed by atoms with van der Waals surface area (Å²) < 4.78 is 50.2. The number of esters is 1. The van der Waals surface area contributed by atoms with Crippen molar-refractivity contribution in [2.75, 3.05) is 6.61 Å². The lowest BCUT2D eigenvalue weighted by atomic mass is 9.99. The standard InChI is InChI=1S/C34H28F3N3O4/c1-4-43-28-17-22(13-14-27(28)44-33(42)24-11-8-12-25(18-24)34(35,36)37)19-38-40-32(41)31-29(23-9-6-5-7-10-23)26-16-20(2)15-21(3)30(26)39-31/h5-19,39H,4H2,1-3H3,(H,40,41). The van der Waals surface area contributed by atoms with E-state index in [4.69, 9.17) is 9.47 Å². The molecule has 5 rings (SSSR count). The Balaban J connectivity index is 1.37. The molecule has 4 aromatic carbocycles. The Labute approximate surface area is 251 Å². The number of rotatable bonds is 8. The van der Waals surface area contributed by atoms with Gasteiger partial charge in [0.15, 0.2) is 11.5 Å². The van der Waals surface area contributed by atoms with Crippen LogP contribution in [0.5, 0.6) is 11.5 Å². The first-order chi connectivity index (χ1) is 21.0. The van der Waals surface area contributed by atoms with Gasteiger partial charge in [-0.3, -0.25) is 4.79 Å². The molecule has 0 aliphatic carbocycles. The number of nitrogens with one attached hydrogen (secondary N) is 2. The minimum atomic E-state index is -4.60. The Morgan fingerprint density at radius 1 is 0.932 bits per heavy atom. The minimum absolute atomic E-state index is 0.0201. The van der Waals surface area contributed by atoms with Gasteiger partial charge in [0.1, 0.15) is 5.69 Å². The van der Waals surface area contributed by atoms with E-state index in [1.54, 1.807) is 19.1 Å². The van der Waals surface area contributed by atoms with E-state index in [9.17, 15) is 22.8 Å². The molecule has 224 valence electrons. The van der Waals surface area contributed by atoms with E-state index < -0.39 is 23.6 Å². The SMILES string of the molecule is CCOc1cc(C=NNC(=O)c2[nH]c3c(C)cc(C)cc3c2-c2ccccc2)ccc1OC(=O)c1cccc(C(F)(F)F)c1. The number of hydrazone groups is 1. The first-order valence-corrected chi connectivity index (χ1v) is 13.7. The number of hydrogen-bond acceptors (Lipinski definition) is 5. The van der Waals surface area contributed by atoms with Crippen LogP contribution >= 0.6 is 0 Å². The molecule has 5 aromatic rings. The number of hydrogen-bond donors (Lipinski definition) is 2. The lowest BCUT2D eigenvalue weighted by Gasteiger charge is -2.12. The van der Waals surface area contributed by atoms with Crippen molar-refractivity contribution in [2.45, 2.75) is 26.9 Å². The molecule has 0 unspecified atom stereocenters. The Kier molecular flexibility index (Phi) is 8.52. The van der Waals surface area contributed by atoms with Gasteiger partial charge in [-0.25, -0.2) is 10.2 Å². The molecule has 0 bridgehead atoms. The van der Waals surface area contributed by atoms with Gasteiger partial charge in [-0.15, -0.1) is 0 Å². The highest BCUT2D eigenvalue weighted by atomic mass is 19.4. The molecular weight excluding hydrogens is 571 g/mol. The van der Waals surface area contributed by atoms with Crippen LogP contribution in [0.25, 0.3) is 22.0 Å². The van der Waals surface area contributed by atoms with Crippen molar-refractivity contribution in [3.05, 3.63) is 118 Å². The molecule has 0 saturated carbocycles. The summed E-state index contributed by atoms with van der Waals surface area (Å²) in [5.74, 6) is -1.21. The normalized spacial score (nSPS) is 11.6. The van der Waals surface area contributed by atoms with Crippen LogP contribution in [-0.2, 0) is 6.18 Å². The fourth-order valence-corrected chi connectivity index (χ4v) is 4.89. The summed E-state index contributed by atoms with van der Waals surface area (Å²) in [6.07, 6.45) is -3.20. The Morgan fingerprint density at radius 2 is 1.70 bits per heavy atom. The summed E-state index contributed by atoms with van der Waals surface area (Å²) in [4.78, 5) is 29.2. The molecule has 0 fully saturated rings. The first kappa shape index (κ1) is 30.1. The molecule has 7 nitrogen and oxygen atoms in total. The zero-order valence-electron chi connectivity index (χ0n) is 24.1. The molecule has 0 aliphatic rings. The highest BCUT2D eigenvalue weighted by Crippen LogP contribution is 2.35. The lowest BCUT2D eigenvalue weighted by Crippen LogP contribution is -2.19. The number of aromatic nitrogens is 1. The molecule has 0 atom stereocenters. The van der Waals surface area contributed by atoms with Gasteiger partial charge in [-0.2, -0.15) is 18.3 Å². The largest absolute Gasteiger partial charge is 0.490 e. The second-order valence-corrected chi connectivity index (χ2v) is 10.1. The van der Waals surface area contributed by atoms with E-state index in [0.717, 1.165) is 51.4 Å². The van der Waals surface area contributed by atoms with Crippen LogP contribution in [0, 0.1) is 13.8 Å². The van der Waals surface area contributed by atoms with Crippen molar-refractivity contribution >= 4 is 29.0 Å². The highest BCUT2D eigenvalue weighted by molar-refractivity contribution is 6.10. The predicted octanol–water partition coefficient (Wildman–Crippen LogP) is 7.85. The topological polar surface area (TPSA) is 92.8 Å². The molecule has 0 spiro atoms. The zero-order chi connectivity index (χ0) is 31.4. The van der Waals surface area contributed by atoms with Gasteiger partial charge < -0.3 is 14.5 Å². The third-order valence-electron chi connectivity index (χ3n) is 6.81. The van der Waals surface area contributed by atoms with Crippen molar-refractivity contribution in [3.63, 3.8) is 0 Å². The summed E-state index contributed by atoms with van der Waals surface area (Å²) in [6, 6.07) is 22.2. The molecule has 1 heterocycles. The number of fused-ring (bicyclic) bond motifs is 1. The average Bonchev–Trinajstić information content (AvgIpc) is 3.38. The molecule has 0 aliphatic heterocycles. The molecular formula is C34H28F3N3O4. The summed E-state index contributed by atoms with van der Waals surface area (Å²) in [6.45, 7) is 5.95. The smallest absolute Gasteiger partial charge is 0.416 e. The monoisotopic (exact) mass is 599 g/mol. The van der Waals surface area contributed by atoms with E-state index in [-0.39, 0.29) is 23.7 Å². The summed E-state index contributed by atoms with van der Waals surface area (Å²) in [5.41, 5.74) is 6.83. The molecule has 44 heavy (non-hydrogen) atoms. The zero-order valence-corrected chi connectivity index (χ0v) is 24.1. The number of nitrogens with zero attached hydrogens (tertiary/aromatic N) is 1. The fraction of sp³-hybridized carbons (Fsp3) is 0.147. The van der Waals surface area contributed by atoms with E-state index in [1.807, 2.05) is 56.3 Å². The minimum Gasteiger partial charge on any atom is -0.490 e. The van der Waals surface area contributed by atoms with E-state index in [2.05, 4.69) is 15.5 Å². The number of carbonyl (C=O) groups is 2. The summed E-state index contributed by atoms with van der Waals surface area (Å²) in [5, 5.41) is 5.05. The van der Waals surface area contributed by atoms with Gasteiger partial charge >= 0.3 is 12.1 Å². The van der Waals surface area contributed by atoms with E-state index in [0.29, 0.717) is 11.3 Å². The maximum Gasteiger partial charge on any atom is 0.416 e. The number of H-pyrrole nitrogens is 1. The van der Waals surface area contributed by atoms with Gasteiger partial charge in [-0.1, -0.05) is 48.0 Å². The maximum atomic E-state index is 13.4. The van der Waals surface area contributed by atoms with Crippen LogP contribution in [0.1, 0.15) is 50.0 Å². The number of aryl methyl sites for hydroxylation is 2. The lowest BCUT2D eigenvalue weighted by molar-refractivity contribution is -0.137. The van der Waals surface area contributed by atoms with Crippen LogP contribution in [0.4, 0.5) is 13.2 Å². The van der Waals surface area contributed by atoms with E-state index in [1.165, 1.54) is 18.3 Å². The number of halogens is 3. The van der Waals surface area contributed by atoms with Crippen molar-refractivity contribution in [2.24, 2.45) is 5.10 Å². The van der Waals surface area contributed by atoms with Gasteiger partial charge in [0.2, 0.25) is 0 Å². The maximum absolute atomic E-state index is 13.4. The number of carbonyl (C=O) groups excluding carboxylic acids is 2. The number of alkyl halides is 3. The summed E-state index contributed by atoms with van der Waals surface area (Å²) >= 11 is 0. The number of aromatic amines is 1. The highest BCUT2D eigenvalue weighted by Gasteiger charge is 2.31. The third-order valence-corrected chi connectivity index (χ3v) is 6.81. The molecule has 2 N–H and O–H groups in total. The number of amides is 1. The van der Waals surface area contributed by atoms with E-state index >= 15 is 0 Å².